The zero-order valence-electron chi connectivity index (χ0n) is 22.6. The molecule has 0 aliphatic heterocycles. The summed E-state index contributed by atoms with van der Waals surface area (Å²) in [5.74, 6) is -0.112. The van der Waals surface area contributed by atoms with Crippen molar-refractivity contribution in [1.82, 2.24) is 20.1 Å². The van der Waals surface area contributed by atoms with Crippen LogP contribution in [-0.2, 0) is 35.5 Å². The molecule has 1 atom stereocenters. The molecule has 0 fully saturated rings. The minimum absolute atomic E-state index is 0.182. The number of anilines is 1. The Morgan fingerprint density at radius 2 is 2.03 bits per heavy atom. The third-order valence-corrected chi connectivity index (χ3v) is 8.76. The number of hydrogen-bond donors (Lipinski definition) is 2. The van der Waals surface area contributed by atoms with E-state index in [1.165, 1.54) is 29.4 Å². The van der Waals surface area contributed by atoms with Crippen LogP contribution in [0.5, 0.6) is 0 Å². The van der Waals surface area contributed by atoms with Gasteiger partial charge in [-0.3, -0.25) is 9.59 Å². The summed E-state index contributed by atoms with van der Waals surface area (Å²) in [7, 11) is 0. The minimum Gasteiger partial charge on any atom is -0.462 e. The number of aromatic nitrogens is 3. The molecule has 10 nitrogen and oxygen atoms in total. The number of unbranched alkanes of at least 4 members (excludes halogenated alkanes) is 1. The molecular formula is C27H35N5O5S2. The van der Waals surface area contributed by atoms with Gasteiger partial charge in [-0.05, 0) is 63.6 Å². The molecule has 2 amide bonds. The lowest BCUT2D eigenvalue weighted by Gasteiger charge is -2.14. The Bertz CT molecular complexity index is 1280. The number of nitrogens with zero attached hydrogens (tertiary/aromatic N) is 3. The van der Waals surface area contributed by atoms with E-state index in [4.69, 9.17) is 9.15 Å². The monoisotopic (exact) mass is 573 g/mol. The number of fused-ring (bicyclic) bond motifs is 1. The van der Waals surface area contributed by atoms with Crippen LogP contribution in [0.15, 0.2) is 28.0 Å². The molecule has 0 unspecified atom stereocenters. The highest BCUT2D eigenvalue weighted by Crippen LogP contribution is 2.38. The summed E-state index contributed by atoms with van der Waals surface area (Å²) >= 11 is 2.78. The van der Waals surface area contributed by atoms with E-state index in [0.717, 1.165) is 55.4 Å². The van der Waals surface area contributed by atoms with Crippen molar-refractivity contribution >= 4 is 45.9 Å². The van der Waals surface area contributed by atoms with Gasteiger partial charge in [0.25, 0.3) is 5.91 Å². The van der Waals surface area contributed by atoms with Crippen LogP contribution in [0.25, 0.3) is 0 Å². The largest absolute Gasteiger partial charge is 0.462 e. The molecule has 3 aromatic heterocycles. The van der Waals surface area contributed by atoms with Crippen LogP contribution in [0.1, 0.15) is 90.1 Å². The molecule has 210 valence electrons. The predicted octanol–water partition coefficient (Wildman–Crippen LogP) is 5.23. The van der Waals surface area contributed by atoms with E-state index >= 15 is 0 Å². The Balaban J connectivity index is 1.47. The zero-order chi connectivity index (χ0) is 27.8. The number of carbonyl (C=O) groups is 3. The number of aryl methyl sites for hydroxylation is 1. The molecule has 0 saturated heterocycles. The molecule has 0 saturated carbocycles. The standard InChI is InChI=1S/C27H35N5O5S2/c1-4-6-14-32-21(16-28-24(34)19-12-10-15-37-19)30-31-27(32)38-17(3)23(33)29-25-22(26(35)36-5-2)18-11-8-7-9-13-20(18)39-25/h10,12,15,17H,4-9,11,13-14,16H2,1-3H3,(H,28,34)(H,29,33)/t17-/m0/s1. The van der Waals surface area contributed by atoms with Crippen molar-refractivity contribution in [1.29, 1.82) is 0 Å². The van der Waals surface area contributed by atoms with Crippen molar-refractivity contribution in [2.24, 2.45) is 0 Å². The molecule has 39 heavy (non-hydrogen) atoms. The number of carbonyl (C=O) groups excluding carboxylic acids is 3. The highest BCUT2D eigenvalue weighted by Gasteiger charge is 2.28. The van der Waals surface area contributed by atoms with Crippen molar-refractivity contribution < 1.29 is 23.5 Å². The van der Waals surface area contributed by atoms with Crippen LogP contribution >= 0.6 is 23.1 Å². The Labute approximate surface area is 236 Å². The Morgan fingerprint density at radius 3 is 2.77 bits per heavy atom. The van der Waals surface area contributed by atoms with Gasteiger partial charge in [-0.25, -0.2) is 4.79 Å². The van der Waals surface area contributed by atoms with Crippen LogP contribution in [0, 0.1) is 0 Å². The van der Waals surface area contributed by atoms with Crippen LogP contribution in [0.2, 0.25) is 0 Å². The zero-order valence-corrected chi connectivity index (χ0v) is 24.2. The summed E-state index contributed by atoms with van der Waals surface area (Å²) in [5, 5.41) is 15.1. The van der Waals surface area contributed by atoms with Gasteiger partial charge in [-0.15, -0.1) is 21.5 Å². The number of thioether (sulfide) groups is 1. The first-order chi connectivity index (χ1) is 18.9. The van der Waals surface area contributed by atoms with Gasteiger partial charge in [0.2, 0.25) is 5.91 Å². The molecule has 4 rings (SSSR count). The molecule has 0 bridgehead atoms. The SMILES string of the molecule is CCCCn1c(CNC(=O)c2ccco2)nnc1S[C@@H](C)C(=O)Nc1sc2c(c1C(=O)OCC)CCCCC2. The van der Waals surface area contributed by atoms with E-state index in [0.29, 0.717) is 28.1 Å². The maximum atomic E-state index is 13.3. The molecule has 3 aromatic rings. The number of rotatable bonds is 12. The molecular weight excluding hydrogens is 538 g/mol. The Hall–Kier alpha value is -3.12. The van der Waals surface area contributed by atoms with E-state index < -0.39 is 5.25 Å². The summed E-state index contributed by atoms with van der Waals surface area (Å²) in [5.41, 5.74) is 1.53. The van der Waals surface area contributed by atoms with Crippen molar-refractivity contribution in [3.8, 4) is 0 Å². The van der Waals surface area contributed by atoms with Crippen molar-refractivity contribution in [3.05, 3.63) is 46.0 Å². The van der Waals surface area contributed by atoms with Gasteiger partial charge in [0, 0.05) is 11.4 Å². The van der Waals surface area contributed by atoms with Gasteiger partial charge >= 0.3 is 5.97 Å². The number of nitrogens with one attached hydrogen (secondary N) is 2. The maximum Gasteiger partial charge on any atom is 0.341 e. The number of amides is 2. The number of furan rings is 1. The quantitative estimate of drug-likeness (QED) is 0.171. The number of thiophene rings is 1. The van der Waals surface area contributed by atoms with E-state index in [1.54, 1.807) is 26.0 Å². The van der Waals surface area contributed by atoms with E-state index in [1.807, 2.05) is 4.57 Å². The topological polar surface area (TPSA) is 128 Å². The third-order valence-electron chi connectivity index (χ3n) is 6.47. The minimum atomic E-state index is -0.503. The maximum absolute atomic E-state index is 13.3. The number of ether oxygens (including phenoxy) is 1. The first-order valence-electron chi connectivity index (χ1n) is 13.5. The second kappa shape index (κ2) is 13.8. The second-order valence-electron chi connectivity index (χ2n) is 9.30. The fourth-order valence-electron chi connectivity index (χ4n) is 4.41. The van der Waals surface area contributed by atoms with E-state index in [-0.39, 0.29) is 36.7 Å². The highest BCUT2D eigenvalue weighted by molar-refractivity contribution is 8.00. The van der Waals surface area contributed by atoms with Crippen molar-refractivity contribution in [2.45, 2.75) is 89.2 Å². The predicted molar refractivity (Wildman–Crippen MR) is 150 cm³/mol. The van der Waals surface area contributed by atoms with Crippen molar-refractivity contribution in [3.63, 3.8) is 0 Å². The van der Waals surface area contributed by atoms with Gasteiger partial charge in [-0.1, -0.05) is 31.5 Å². The summed E-state index contributed by atoms with van der Waals surface area (Å²) in [4.78, 5) is 39.6. The molecule has 1 aliphatic carbocycles. The fraction of sp³-hybridized carbons (Fsp3) is 0.519. The van der Waals surface area contributed by atoms with Gasteiger partial charge in [0.1, 0.15) is 5.00 Å². The molecule has 0 radical (unpaired) electrons. The summed E-state index contributed by atoms with van der Waals surface area (Å²) in [6, 6.07) is 3.25. The first kappa shape index (κ1) is 28.9. The molecule has 0 spiro atoms. The molecule has 1 aliphatic rings. The first-order valence-corrected chi connectivity index (χ1v) is 15.1. The summed E-state index contributed by atoms with van der Waals surface area (Å²) < 4.78 is 12.4. The van der Waals surface area contributed by atoms with Crippen LogP contribution in [0.3, 0.4) is 0 Å². The van der Waals surface area contributed by atoms with E-state index in [9.17, 15) is 14.4 Å². The molecule has 3 heterocycles. The normalized spacial score (nSPS) is 13.8. The Kier molecular flexibility index (Phi) is 10.2. The second-order valence-corrected chi connectivity index (χ2v) is 11.7. The van der Waals surface area contributed by atoms with E-state index in [2.05, 4.69) is 27.8 Å². The number of esters is 1. The van der Waals surface area contributed by atoms with Crippen LogP contribution < -0.4 is 10.6 Å². The van der Waals surface area contributed by atoms with Gasteiger partial charge in [-0.2, -0.15) is 0 Å². The molecule has 2 N–H and O–H groups in total. The average Bonchev–Trinajstić information content (AvgIpc) is 3.63. The van der Waals surface area contributed by atoms with Crippen LogP contribution in [0.4, 0.5) is 5.00 Å². The van der Waals surface area contributed by atoms with Crippen molar-refractivity contribution in [2.75, 3.05) is 11.9 Å². The lowest BCUT2D eigenvalue weighted by Crippen LogP contribution is -2.25. The molecule has 12 heteroatoms. The average molecular weight is 574 g/mol. The van der Waals surface area contributed by atoms with Gasteiger partial charge < -0.3 is 24.4 Å². The van der Waals surface area contributed by atoms with Gasteiger partial charge in [0.05, 0.1) is 30.2 Å². The lowest BCUT2D eigenvalue weighted by atomic mass is 10.1. The van der Waals surface area contributed by atoms with Gasteiger partial charge in [0.15, 0.2) is 16.7 Å². The smallest absolute Gasteiger partial charge is 0.341 e. The summed E-state index contributed by atoms with van der Waals surface area (Å²) in [6.45, 7) is 6.80. The number of hydrogen-bond acceptors (Lipinski definition) is 9. The summed E-state index contributed by atoms with van der Waals surface area (Å²) in [6.07, 6.45) is 8.27. The lowest BCUT2D eigenvalue weighted by molar-refractivity contribution is -0.115. The molecule has 0 aromatic carbocycles. The van der Waals surface area contributed by atoms with Crippen LogP contribution in [-0.4, -0.2) is 44.4 Å². The Morgan fingerprint density at radius 1 is 1.21 bits per heavy atom. The third kappa shape index (κ3) is 7.10. The highest BCUT2D eigenvalue weighted by atomic mass is 32.2. The fourth-order valence-corrected chi connectivity index (χ4v) is 6.58.